The van der Waals surface area contributed by atoms with Crippen molar-refractivity contribution in [2.45, 2.75) is 0 Å². The van der Waals surface area contributed by atoms with Crippen molar-refractivity contribution in [2.24, 2.45) is 0 Å². The van der Waals surface area contributed by atoms with Crippen LogP contribution in [0.2, 0.25) is 0 Å². The first-order chi connectivity index (χ1) is 2.27. The third kappa shape index (κ3) is 5.09. The summed E-state index contributed by atoms with van der Waals surface area (Å²) in [6.45, 7) is 0. The smallest absolute Gasteiger partial charge is 0.0430 e. The van der Waals surface area contributed by atoms with Gasteiger partial charge in [-0.15, -0.1) is 0 Å². The van der Waals surface area contributed by atoms with E-state index >= 15 is 0 Å². The Balaban J connectivity index is 2.85. The van der Waals surface area contributed by atoms with Crippen LogP contribution in [-0.2, 0) is 4.57 Å². The Morgan fingerprint density at radius 1 is 2.00 bits per heavy atom. The molecule has 0 fully saturated rings. The Morgan fingerprint density at radius 3 is 2.20 bits per heavy atom. The van der Waals surface area contributed by atoms with Gasteiger partial charge in [0.25, 0.3) is 0 Å². The molecule has 1 unspecified atom stereocenters. The van der Waals surface area contributed by atoms with E-state index in [1.54, 1.807) is 0 Å². The summed E-state index contributed by atoms with van der Waals surface area (Å²) in [5.74, 6) is 0. The second kappa shape index (κ2) is 3.29. The van der Waals surface area contributed by atoms with Crippen molar-refractivity contribution in [1.29, 1.82) is 0 Å². The van der Waals surface area contributed by atoms with E-state index in [1.165, 1.54) is 0 Å². The molecule has 0 bridgehead atoms. The Morgan fingerprint density at radius 2 is 2.20 bits per heavy atom. The van der Waals surface area contributed by atoms with Crippen molar-refractivity contribution in [2.75, 3.05) is 0 Å². The van der Waals surface area contributed by atoms with Crippen molar-refractivity contribution in [3.8, 4) is 0 Å². The van der Waals surface area contributed by atoms with Gasteiger partial charge in [-0.2, -0.15) is 0 Å². The molecule has 0 amide bonds. The average molecular weight is 148 g/mol. The number of hydrogen-bond donors (Lipinski definition) is 1. The van der Waals surface area contributed by atoms with Gasteiger partial charge in [-0.05, 0) is 4.57 Å². The van der Waals surface area contributed by atoms with E-state index in [2.05, 4.69) is 12.2 Å². The van der Waals surface area contributed by atoms with Gasteiger partial charge in [-0.25, -0.2) is 0 Å². The average Bonchev–Trinajstić information content (AvgIpc) is 1.38. The molecular weight excluding hydrogens is 147 g/mol. The van der Waals surface area contributed by atoms with Crippen LogP contribution in [0.4, 0.5) is 0 Å². The maximum Gasteiger partial charge on any atom is 0.497 e. The van der Waals surface area contributed by atoms with E-state index in [0.717, 1.165) is 10.6 Å². The standard InChI is InChI=1S/ClOPS2/c1-5-3(2)4/p+1. The van der Waals surface area contributed by atoms with Crippen LogP contribution in [0.25, 0.3) is 0 Å². The maximum absolute atomic E-state index is 9.66. The zero-order valence-electron chi connectivity index (χ0n) is 2.09. The molecule has 0 aliphatic rings. The highest BCUT2D eigenvalue weighted by Gasteiger charge is 2.04. The highest BCUT2D eigenvalue weighted by Crippen LogP contribution is 2.44. The third-order valence-corrected chi connectivity index (χ3v) is 3.26. The fourth-order valence-corrected chi connectivity index (χ4v) is 0. The highest BCUT2D eigenvalue weighted by atomic mass is 35.7. The molecule has 0 aliphatic carbocycles. The van der Waals surface area contributed by atoms with Crippen molar-refractivity contribution < 1.29 is 4.57 Å². The van der Waals surface area contributed by atoms with E-state index < -0.39 is 6.20 Å². The van der Waals surface area contributed by atoms with E-state index in [9.17, 15) is 4.57 Å². The van der Waals surface area contributed by atoms with Crippen LogP contribution < -0.4 is 0 Å². The molecule has 30 valence electrons. The molecule has 5 heteroatoms. The highest BCUT2D eigenvalue weighted by molar-refractivity contribution is 8.85. The summed E-state index contributed by atoms with van der Waals surface area (Å²) in [5, 5.41) is 0. The molecule has 0 heterocycles. The molecule has 0 aliphatic heterocycles. The lowest BCUT2D eigenvalue weighted by atomic mass is 16.0. The van der Waals surface area contributed by atoms with Crippen LogP contribution in [0.3, 0.4) is 0 Å². The lowest BCUT2D eigenvalue weighted by molar-refractivity contribution is 0.604. The van der Waals surface area contributed by atoms with Crippen molar-refractivity contribution >= 4 is 39.7 Å². The first kappa shape index (κ1) is 6.09. The quantitative estimate of drug-likeness (QED) is 0.453. The lowest BCUT2D eigenvalue weighted by Gasteiger charge is -1.46. The molecule has 0 N–H and O–H groups in total. The minimum Gasteiger partial charge on any atom is -0.0430 e. The predicted octanol–water partition coefficient (Wildman–Crippen LogP) is 2.46. The molecule has 1 atom stereocenters. The van der Waals surface area contributed by atoms with Crippen molar-refractivity contribution in [1.82, 2.24) is 0 Å². The Kier molecular flexibility index (Phi) is 4.00. The Bertz CT molecular complexity index is 44.9. The first-order valence-electron chi connectivity index (χ1n) is 0.719. The Labute approximate surface area is 44.7 Å². The maximum atomic E-state index is 9.66. The minimum atomic E-state index is -1.47. The van der Waals surface area contributed by atoms with Gasteiger partial charge in [-0.3, -0.25) is 0 Å². The largest absolute Gasteiger partial charge is 0.497 e. The number of hydrogen-bond acceptors (Lipinski definition) is 2. The van der Waals surface area contributed by atoms with Crippen LogP contribution in [0.1, 0.15) is 0 Å². The number of halogens is 1. The molecule has 0 saturated heterocycles. The van der Waals surface area contributed by atoms with Gasteiger partial charge in [0, 0.05) is 10.7 Å². The van der Waals surface area contributed by atoms with Crippen LogP contribution >= 0.6 is 39.7 Å². The normalized spacial score (nSPS) is 11.2. The fraction of sp³-hybridized carbons (Fsp3) is 0. The Hall–Kier alpha value is 1.09. The summed E-state index contributed by atoms with van der Waals surface area (Å²) in [6, 6.07) is 0. The summed E-state index contributed by atoms with van der Waals surface area (Å²) in [7, 11) is 5.62. The molecule has 0 radical (unpaired) electrons. The van der Waals surface area contributed by atoms with Crippen molar-refractivity contribution in [3.63, 3.8) is 0 Å². The van der Waals surface area contributed by atoms with Gasteiger partial charge in [-0.1, -0.05) is 0 Å². The van der Waals surface area contributed by atoms with Crippen LogP contribution in [0.5, 0.6) is 0 Å². The molecule has 0 saturated carbocycles. The number of rotatable bonds is 1. The molecule has 1 nitrogen and oxygen atoms in total. The van der Waals surface area contributed by atoms with Gasteiger partial charge in [0.2, 0.25) is 10.6 Å². The van der Waals surface area contributed by atoms with Gasteiger partial charge in [0.15, 0.2) is 0 Å². The summed E-state index contributed by atoms with van der Waals surface area (Å²) in [5.41, 5.74) is 0. The van der Waals surface area contributed by atoms with Crippen molar-refractivity contribution in [3.05, 3.63) is 0 Å². The topological polar surface area (TPSA) is 17.1 Å². The zero-order valence-corrected chi connectivity index (χ0v) is 5.45. The SMILES string of the molecule is O=[P+](S)SCl. The summed E-state index contributed by atoms with van der Waals surface area (Å²) in [4.78, 5) is 0. The second-order valence-electron chi connectivity index (χ2n) is 0.307. The van der Waals surface area contributed by atoms with Gasteiger partial charge >= 0.3 is 6.20 Å². The molecule has 0 rings (SSSR count). The minimum absolute atomic E-state index is 0.725. The molecule has 0 spiro atoms. The van der Waals surface area contributed by atoms with Crippen LogP contribution in [0, 0.1) is 0 Å². The van der Waals surface area contributed by atoms with E-state index in [0.29, 0.717) is 0 Å². The zero-order chi connectivity index (χ0) is 4.28. The molecule has 5 heavy (non-hydrogen) atoms. The van der Waals surface area contributed by atoms with E-state index in [4.69, 9.17) is 10.7 Å². The molecule has 0 aromatic heterocycles. The van der Waals surface area contributed by atoms with Gasteiger partial charge < -0.3 is 0 Å². The third-order valence-electron chi connectivity index (χ3n) is 0.0590. The summed E-state index contributed by atoms with van der Waals surface area (Å²) in [6.07, 6.45) is -1.47. The molecule has 0 aromatic carbocycles. The summed E-state index contributed by atoms with van der Waals surface area (Å²) >= 11 is 3.44. The van der Waals surface area contributed by atoms with Gasteiger partial charge in [0.1, 0.15) is 12.2 Å². The fourth-order valence-electron chi connectivity index (χ4n) is 0. The molecular formula is HClOPS2+. The van der Waals surface area contributed by atoms with E-state index in [-0.39, 0.29) is 0 Å². The van der Waals surface area contributed by atoms with Gasteiger partial charge in [0.05, 0.1) is 0 Å². The number of thiol groups is 1. The first-order valence-corrected chi connectivity index (χ1v) is 5.38. The summed E-state index contributed by atoms with van der Waals surface area (Å²) < 4.78 is 9.66. The molecule has 0 aromatic rings. The van der Waals surface area contributed by atoms with Crippen LogP contribution in [-0.4, -0.2) is 0 Å². The van der Waals surface area contributed by atoms with Crippen LogP contribution in [0.15, 0.2) is 0 Å². The lowest BCUT2D eigenvalue weighted by Crippen LogP contribution is -1.09. The second-order valence-corrected chi connectivity index (χ2v) is 5.47. The van der Waals surface area contributed by atoms with E-state index in [1.807, 2.05) is 0 Å². The predicted molar refractivity (Wildman–Crippen MR) is 30.0 cm³/mol. The monoisotopic (exact) mass is 147 g/mol.